The van der Waals surface area contributed by atoms with Gasteiger partial charge in [-0.1, -0.05) is 23.3 Å². The predicted octanol–water partition coefficient (Wildman–Crippen LogP) is 4.02. The molecule has 0 bridgehead atoms. The molecule has 2 N–H and O–H groups in total. The van der Waals surface area contributed by atoms with Crippen LogP contribution in [0.1, 0.15) is 65.0 Å². The van der Waals surface area contributed by atoms with Crippen molar-refractivity contribution in [3.05, 3.63) is 59.2 Å². The van der Waals surface area contributed by atoms with Crippen molar-refractivity contribution in [2.45, 2.75) is 55.0 Å². The smallest absolute Gasteiger partial charge is 0.340 e. The van der Waals surface area contributed by atoms with E-state index in [1.807, 2.05) is 0 Å². The van der Waals surface area contributed by atoms with Crippen molar-refractivity contribution in [1.82, 2.24) is 10.2 Å². The highest BCUT2D eigenvalue weighted by Crippen LogP contribution is 2.35. The first kappa shape index (κ1) is 30.5. The number of carbonyl (C=O) groups is 3. The topological polar surface area (TPSA) is 180 Å². The molecule has 0 spiro atoms. The van der Waals surface area contributed by atoms with Crippen molar-refractivity contribution in [2.24, 2.45) is 0 Å². The number of ether oxygens (including phenoxy) is 4. The maximum atomic E-state index is 13.5. The molecular formula is C28H29N3O10S2. The molecule has 2 heterocycles. The molecule has 2 aliphatic rings. The van der Waals surface area contributed by atoms with Gasteiger partial charge in [0, 0.05) is 13.2 Å². The molecule has 13 nitrogen and oxygen atoms in total. The highest BCUT2D eigenvalue weighted by molar-refractivity contribution is 7.92. The number of aromatic nitrogens is 2. The number of carboxylic acids is 1. The van der Waals surface area contributed by atoms with Gasteiger partial charge in [-0.05, 0) is 73.8 Å². The van der Waals surface area contributed by atoms with E-state index in [1.54, 1.807) is 19.1 Å². The van der Waals surface area contributed by atoms with Gasteiger partial charge in [0.15, 0.2) is 15.9 Å². The van der Waals surface area contributed by atoms with E-state index < -0.39 is 39.4 Å². The molecule has 1 aromatic heterocycles. The van der Waals surface area contributed by atoms with E-state index in [2.05, 4.69) is 15.5 Å². The van der Waals surface area contributed by atoms with Crippen LogP contribution >= 0.6 is 11.3 Å². The van der Waals surface area contributed by atoms with Gasteiger partial charge in [-0.15, -0.1) is 5.10 Å². The van der Waals surface area contributed by atoms with Gasteiger partial charge in [-0.3, -0.25) is 10.1 Å². The molecule has 2 fully saturated rings. The number of nitrogens with one attached hydrogen (secondary N) is 1. The van der Waals surface area contributed by atoms with Gasteiger partial charge in [-0.2, -0.15) is 0 Å². The lowest BCUT2D eigenvalue weighted by Crippen LogP contribution is -2.31. The van der Waals surface area contributed by atoms with Crippen LogP contribution in [0.25, 0.3) is 0 Å². The zero-order valence-corrected chi connectivity index (χ0v) is 24.7. The molecule has 3 aromatic rings. The third-order valence-electron chi connectivity index (χ3n) is 6.78. The summed E-state index contributed by atoms with van der Waals surface area (Å²) in [5, 5.41) is 19.8. The molecule has 1 unspecified atom stereocenters. The van der Waals surface area contributed by atoms with Gasteiger partial charge < -0.3 is 24.1 Å². The number of aromatic carboxylic acids is 1. The summed E-state index contributed by atoms with van der Waals surface area (Å²) in [6.45, 7) is 2.64. The second kappa shape index (κ2) is 13.2. The lowest BCUT2D eigenvalue weighted by atomic mass is 10.1. The Hall–Kier alpha value is -3.92. The summed E-state index contributed by atoms with van der Waals surface area (Å²) in [5.74, 6) is -2.94. The number of carbonyl (C=O) groups excluding carboxylic acids is 2. The Kier molecular flexibility index (Phi) is 9.34. The molecule has 1 atom stereocenters. The molecule has 5 rings (SSSR count). The van der Waals surface area contributed by atoms with Crippen LogP contribution in [0, 0.1) is 0 Å². The van der Waals surface area contributed by atoms with Crippen LogP contribution in [0.3, 0.4) is 0 Å². The van der Waals surface area contributed by atoms with E-state index >= 15 is 0 Å². The summed E-state index contributed by atoms with van der Waals surface area (Å²) >= 11 is 0.835. The van der Waals surface area contributed by atoms with Gasteiger partial charge >= 0.3 is 17.1 Å². The molecule has 15 heteroatoms. The minimum absolute atomic E-state index is 0.0481. The van der Waals surface area contributed by atoms with Crippen LogP contribution in [0.2, 0.25) is 0 Å². The third kappa shape index (κ3) is 7.18. The normalized spacial score (nSPS) is 16.3. The fraction of sp³-hybridized carbons (Fsp3) is 0.393. The van der Waals surface area contributed by atoms with Crippen molar-refractivity contribution < 1.29 is 46.9 Å². The second-order valence-electron chi connectivity index (χ2n) is 9.81. The fourth-order valence-corrected chi connectivity index (χ4v) is 6.75. The van der Waals surface area contributed by atoms with Gasteiger partial charge in [0.05, 0.1) is 28.4 Å². The summed E-state index contributed by atoms with van der Waals surface area (Å²) < 4.78 is 47.4. The maximum absolute atomic E-state index is 13.5. The van der Waals surface area contributed by atoms with E-state index in [0.717, 1.165) is 11.3 Å². The number of amides is 1. The molecule has 0 radical (unpaired) electrons. The Labute approximate surface area is 251 Å². The Balaban J connectivity index is 1.34. The first-order valence-electron chi connectivity index (χ1n) is 13.6. The number of esters is 1. The quantitative estimate of drug-likeness (QED) is 0.275. The molecular weight excluding hydrogens is 602 g/mol. The third-order valence-corrected chi connectivity index (χ3v) is 9.77. The molecule has 1 amide bonds. The first-order valence-corrected chi connectivity index (χ1v) is 16.0. The van der Waals surface area contributed by atoms with Gasteiger partial charge in [-0.25, -0.2) is 18.0 Å². The van der Waals surface area contributed by atoms with E-state index in [9.17, 15) is 27.9 Å². The number of benzene rings is 2. The van der Waals surface area contributed by atoms with Crippen molar-refractivity contribution >= 4 is 44.2 Å². The summed E-state index contributed by atoms with van der Waals surface area (Å²) in [6.07, 6.45) is 1.12. The number of sulfone groups is 1. The van der Waals surface area contributed by atoms with E-state index in [4.69, 9.17) is 18.9 Å². The van der Waals surface area contributed by atoms with E-state index in [0.29, 0.717) is 44.5 Å². The lowest BCUT2D eigenvalue weighted by Gasteiger charge is -2.27. The molecule has 1 saturated carbocycles. The van der Waals surface area contributed by atoms with E-state index in [-0.39, 0.29) is 44.5 Å². The Bertz CT molecular complexity index is 1600. The van der Waals surface area contributed by atoms with Gasteiger partial charge in [0.25, 0.3) is 5.91 Å². The van der Waals surface area contributed by atoms with Crippen LogP contribution in [0.15, 0.2) is 47.4 Å². The largest absolute Gasteiger partial charge is 0.478 e. The standard InChI is InChI=1S/C28H29N3O10S2/c1-2-39-26(35)20-4-3-5-21(22(20)25(33)34)41-28-31-30-27(42-28)29-24(32)23(40-17-12-14-38-15-13-17)16-6-8-18(9-7-16)43(36,37)19-10-11-19/h3-9,17,19,23H,2,10-15H2,1H3,(H,33,34)(H,29,30,32). The molecule has 228 valence electrons. The molecule has 1 aliphatic carbocycles. The summed E-state index contributed by atoms with van der Waals surface area (Å²) in [4.78, 5) is 37.9. The van der Waals surface area contributed by atoms with E-state index in [1.165, 1.54) is 30.3 Å². The van der Waals surface area contributed by atoms with Crippen LogP contribution in [-0.4, -0.2) is 72.7 Å². The number of nitrogens with zero attached hydrogens (tertiary/aromatic N) is 2. The highest BCUT2D eigenvalue weighted by Gasteiger charge is 2.37. The van der Waals surface area contributed by atoms with Crippen molar-refractivity contribution in [1.29, 1.82) is 0 Å². The monoisotopic (exact) mass is 631 g/mol. The minimum atomic E-state index is -3.40. The summed E-state index contributed by atoms with van der Waals surface area (Å²) in [5.41, 5.74) is -0.130. The average Bonchev–Trinajstić information content (AvgIpc) is 3.78. The zero-order chi connectivity index (χ0) is 30.6. The van der Waals surface area contributed by atoms with Crippen LogP contribution < -0.4 is 10.1 Å². The maximum Gasteiger partial charge on any atom is 0.340 e. The van der Waals surface area contributed by atoms with Crippen molar-refractivity contribution in [3.8, 4) is 10.9 Å². The highest BCUT2D eigenvalue weighted by atomic mass is 32.2. The molecule has 1 saturated heterocycles. The second-order valence-corrected chi connectivity index (χ2v) is 13.0. The first-order chi connectivity index (χ1) is 20.7. The Morgan fingerprint density at radius 1 is 1.07 bits per heavy atom. The van der Waals surface area contributed by atoms with Crippen molar-refractivity contribution in [2.75, 3.05) is 25.1 Å². The Morgan fingerprint density at radius 2 is 1.79 bits per heavy atom. The number of hydrogen-bond donors (Lipinski definition) is 2. The number of anilines is 1. The minimum Gasteiger partial charge on any atom is -0.478 e. The van der Waals surface area contributed by atoms with Crippen LogP contribution in [0.4, 0.5) is 5.13 Å². The number of carboxylic acid groups (broad SMARTS) is 1. The van der Waals surface area contributed by atoms with Gasteiger partial charge in [0.2, 0.25) is 5.13 Å². The zero-order valence-electron chi connectivity index (χ0n) is 23.1. The van der Waals surface area contributed by atoms with Crippen LogP contribution in [-0.2, 0) is 28.8 Å². The molecule has 43 heavy (non-hydrogen) atoms. The lowest BCUT2D eigenvalue weighted by molar-refractivity contribution is -0.136. The predicted molar refractivity (Wildman–Crippen MR) is 152 cm³/mol. The SMILES string of the molecule is CCOC(=O)c1cccc(Oc2nnc(NC(=O)C(OC3CCOCC3)c3ccc(S(=O)(=O)C4CC4)cc3)s2)c1C(=O)O. The Morgan fingerprint density at radius 3 is 2.44 bits per heavy atom. The number of rotatable bonds is 12. The van der Waals surface area contributed by atoms with Crippen LogP contribution in [0.5, 0.6) is 10.9 Å². The average molecular weight is 632 g/mol. The summed E-state index contributed by atoms with van der Waals surface area (Å²) in [7, 11) is -3.40. The van der Waals surface area contributed by atoms with Gasteiger partial charge in [0.1, 0.15) is 11.3 Å². The molecule has 1 aliphatic heterocycles. The van der Waals surface area contributed by atoms with Crippen molar-refractivity contribution in [3.63, 3.8) is 0 Å². The number of hydrogen-bond acceptors (Lipinski definition) is 12. The summed E-state index contributed by atoms with van der Waals surface area (Å²) in [6, 6.07) is 10.2. The fourth-order valence-electron chi connectivity index (χ4n) is 4.48. The molecule has 2 aromatic carbocycles.